The topological polar surface area (TPSA) is 134 Å². The van der Waals surface area contributed by atoms with Gasteiger partial charge in [0, 0.05) is 11.6 Å². The molecule has 0 fully saturated rings. The number of aliphatic hydroxyl groups excluding tert-OH is 2. The maximum Gasteiger partial charge on any atom is 0.225 e. The van der Waals surface area contributed by atoms with Crippen LogP contribution < -0.4 is 5.73 Å². The number of Topliss-reactive ketones (excluding diaryl/α,β-unsaturated/α-hetero) is 1. The van der Waals surface area contributed by atoms with Gasteiger partial charge in [-0.1, -0.05) is 167 Å². The van der Waals surface area contributed by atoms with Crippen molar-refractivity contribution in [1.82, 2.24) is 0 Å². The van der Waals surface area contributed by atoms with Gasteiger partial charge in [0.1, 0.15) is 6.61 Å². The minimum atomic E-state index is -0.383. The standard InChI is InChI=1S/C42H76N2O5/c43-33-29-25-21-17-13-9-5-4-7-11-15-19-23-27-31-37(46)30-26-22-18-14-10-6-2-1-3-8-12-16-20-24-28-32-38-41(44)39(47)36-40(42(38)48)49-35-34-45/h33,36-37,43,45-46H,1-32,34-35,44H2. The van der Waals surface area contributed by atoms with Gasteiger partial charge in [-0.05, 0) is 44.7 Å². The first-order chi connectivity index (χ1) is 24.0. The lowest BCUT2D eigenvalue weighted by Crippen LogP contribution is -2.25. The second-order valence-corrected chi connectivity index (χ2v) is 14.5. The number of carbonyl (C=O) groups excluding carboxylic acids is 2. The van der Waals surface area contributed by atoms with Crippen molar-refractivity contribution in [1.29, 1.82) is 5.41 Å². The lowest BCUT2D eigenvalue weighted by atomic mass is 9.93. The largest absolute Gasteiger partial charge is 0.487 e. The van der Waals surface area contributed by atoms with Crippen molar-refractivity contribution in [3.05, 3.63) is 23.1 Å². The molecule has 284 valence electrons. The van der Waals surface area contributed by atoms with Crippen molar-refractivity contribution in [2.24, 2.45) is 5.73 Å². The van der Waals surface area contributed by atoms with Crippen LogP contribution >= 0.6 is 0 Å². The summed E-state index contributed by atoms with van der Waals surface area (Å²) in [5, 5.41) is 26.3. The third-order valence-electron chi connectivity index (χ3n) is 10.0. The Balaban J connectivity index is 1.79. The third-order valence-corrected chi connectivity index (χ3v) is 10.0. The summed E-state index contributed by atoms with van der Waals surface area (Å²) in [6.45, 7) is -0.222. The monoisotopic (exact) mass is 689 g/mol. The van der Waals surface area contributed by atoms with Crippen LogP contribution in [0.1, 0.15) is 205 Å². The lowest BCUT2D eigenvalue weighted by Gasteiger charge is -2.17. The van der Waals surface area contributed by atoms with E-state index in [4.69, 9.17) is 21.0 Å². The number of hydrogen-bond donors (Lipinski definition) is 4. The van der Waals surface area contributed by atoms with Crippen LogP contribution in [-0.4, -0.2) is 47.3 Å². The molecule has 5 N–H and O–H groups in total. The molecule has 0 heterocycles. The number of carbonyl (C=O) groups is 2. The minimum absolute atomic E-state index is 0.00705. The molecule has 0 radical (unpaired) electrons. The summed E-state index contributed by atoms with van der Waals surface area (Å²) in [6, 6.07) is 0. The smallest absolute Gasteiger partial charge is 0.225 e. The van der Waals surface area contributed by atoms with Gasteiger partial charge in [0.05, 0.1) is 18.4 Å². The molecule has 1 aliphatic rings. The molecule has 0 aromatic carbocycles. The fourth-order valence-electron chi connectivity index (χ4n) is 6.89. The van der Waals surface area contributed by atoms with Gasteiger partial charge in [-0.2, -0.15) is 0 Å². The number of allylic oxidation sites excluding steroid dienone is 2. The molecule has 1 rings (SSSR count). The summed E-state index contributed by atoms with van der Waals surface area (Å²) < 4.78 is 5.21. The van der Waals surface area contributed by atoms with E-state index in [1.165, 1.54) is 167 Å². The van der Waals surface area contributed by atoms with Crippen LogP contribution in [-0.2, 0) is 14.3 Å². The highest BCUT2D eigenvalue weighted by molar-refractivity contribution is 6.21. The Morgan fingerprint density at radius 2 is 0.980 bits per heavy atom. The summed E-state index contributed by atoms with van der Waals surface area (Å²) in [7, 11) is 0. The highest BCUT2D eigenvalue weighted by Gasteiger charge is 2.27. The van der Waals surface area contributed by atoms with Gasteiger partial charge in [0.2, 0.25) is 11.6 Å². The van der Waals surface area contributed by atoms with Crippen molar-refractivity contribution in [3.8, 4) is 0 Å². The van der Waals surface area contributed by atoms with Gasteiger partial charge in [0.25, 0.3) is 0 Å². The summed E-state index contributed by atoms with van der Waals surface area (Å²) in [4.78, 5) is 24.6. The van der Waals surface area contributed by atoms with Crippen molar-refractivity contribution in [3.63, 3.8) is 0 Å². The normalized spacial score (nSPS) is 14.0. The number of nitrogens with one attached hydrogen (secondary N) is 1. The Morgan fingerprint density at radius 3 is 1.37 bits per heavy atom. The molecule has 7 heteroatoms. The molecule has 1 atom stereocenters. The van der Waals surface area contributed by atoms with Crippen molar-refractivity contribution in [2.75, 3.05) is 13.2 Å². The van der Waals surface area contributed by atoms with E-state index in [0.29, 0.717) is 12.0 Å². The van der Waals surface area contributed by atoms with E-state index in [1.807, 2.05) is 0 Å². The number of aliphatic hydroxyl groups is 2. The molecule has 0 saturated carbocycles. The van der Waals surface area contributed by atoms with E-state index in [0.717, 1.165) is 44.6 Å². The molecule has 0 aliphatic heterocycles. The third kappa shape index (κ3) is 25.6. The predicted molar refractivity (Wildman–Crippen MR) is 205 cm³/mol. The van der Waals surface area contributed by atoms with Gasteiger partial charge in [-0.25, -0.2) is 0 Å². The molecule has 1 aliphatic carbocycles. The average Bonchev–Trinajstić information content (AvgIpc) is 3.10. The quantitative estimate of drug-likeness (QED) is 0.0291. The molecular formula is C42H76N2O5. The summed E-state index contributed by atoms with van der Waals surface area (Å²) in [5.41, 5.74) is 6.27. The molecule has 49 heavy (non-hydrogen) atoms. The SMILES string of the molecule is N=CCCCCCCCCCCCCCCCC(O)CCCCCCCCCCCCCCCCCC1=C(N)C(=O)C=C(OCCO)C1=O. The molecule has 0 aromatic rings. The molecule has 0 bridgehead atoms. The summed E-state index contributed by atoms with van der Waals surface area (Å²) >= 11 is 0. The molecule has 0 saturated heterocycles. The van der Waals surface area contributed by atoms with Crippen LogP contribution in [0.25, 0.3) is 0 Å². The second kappa shape index (κ2) is 33.2. The Kier molecular flexibility index (Phi) is 30.5. The van der Waals surface area contributed by atoms with Crippen LogP contribution in [0.2, 0.25) is 0 Å². The first kappa shape index (κ1) is 45.0. The Labute approximate surface area is 300 Å². The van der Waals surface area contributed by atoms with Crippen molar-refractivity contribution in [2.45, 2.75) is 212 Å². The van der Waals surface area contributed by atoms with E-state index in [-0.39, 0.29) is 42.3 Å². The molecule has 0 spiro atoms. The second-order valence-electron chi connectivity index (χ2n) is 14.5. The predicted octanol–water partition coefficient (Wildman–Crippen LogP) is 10.7. The number of nitrogens with two attached hydrogens (primary N) is 1. The summed E-state index contributed by atoms with van der Waals surface area (Å²) in [6.07, 6.45) is 41.8. The molecule has 0 aromatic heterocycles. The molecular weight excluding hydrogens is 612 g/mol. The van der Waals surface area contributed by atoms with Gasteiger partial charge < -0.3 is 26.1 Å². The zero-order valence-electron chi connectivity index (χ0n) is 31.5. The van der Waals surface area contributed by atoms with E-state index < -0.39 is 0 Å². The van der Waals surface area contributed by atoms with Crippen LogP contribution in [0, 0.1) is 5.41 Å². The van der Waals surface area contributed by atoms with E-state index in [2.05, 4.69) is 0 Å². The van der Waals surface area contributed by atoms with Gasteiger partial charge in [-0.15, -0.1) is 0 Å². The van der Waals surface area contributed by atoms with Crippen molar-refractivity contribution >= 4 is 17.8 Å². The van der Waals surface area contributed by atoms with Gasteiger partial charge in [0.15, 0.2) is 5.76 Å². The van der Waals surface area contributed by atoms with Crippen molar-refractivity contribution < 1.29 is 24.5 Å². The highest BCUT2D eigenvalue weighted by atomic mass is 16.5. The molecule has 7 nitrogen and oxygen atoms in total. The van der Waals surface area contributed by atoms with Gasteiger partial charge >= 0.3 is 0 Å². The highest BCUT2D eigenvalue weighted by Crippen LogP contribution is 2.23. The zero-order chi connectivity index (χ0) is 35.6. The summed E-state index contributed by atoms with van der Waals surface area (Å²) in [5.74, 6) is -0.711. The maximum atomic E-state index is 12.5. The Morgan fingerprint density at radius 1 is 0.612 bits per heavy atom. The number of ether oxygens (including phenoxy) is 1. The Bertz CT molecular complexity index is 900. The van der Waals surface area contributed by atoms with E-state index >= 15 is 0 Å². The Hall–Kier alpha value is -1.99. The fraction of sp³-hybridized carbons (Fsp3) is 0.833. The number of unbranched alkanes of at least 4 members (excludes halogenated alkanes) is 27. The van der Waals surface area contributed by atoms with Crippen LogP contribution in [0.3, 0.4) is 0 Å². The lowest BCUT2D eigenvalue weighted by molar-refractivity contribution is -0.118. The number of rotatable bonds is 37. The van der Waals surface area contributed by atoms with E-state index in [9.17, 15) is 14.7 Å². The molecule has 0 amide bonds. The fourth-order valence-corrected chi connectivity index (χ4v) is 6.89. The van der Waals surface area contributed by atoms with Gasteiger partial charge in [-0.3, -0.25) is 9.59 Å². The molecule has 1 unspecified atom stereocenters. The number of hydrogen-bond acceptors (Lipinski definition) is 7. The van der Waals surface area contributed by atoms with Crippen LogP contribution in [0.4, 0.5) is 0 Å². The first-order valence-electron chi connectivity index (χ1n) is 20.7. The van der Waals surface area contributed by atoms with E-state index in [1.54, 1.807) is 0 Å². The van der Waals surface area contributed by atoms with Crippen LogP contribution in [0.5, 0.6) is 0 Å². The number of ketones is 2. The first-order valence-corrected chi connectivity index (χ1v) is 20.7. The maximum absolute atomic E-state index is 12.5. The average molecular weight is 689 g/mol. The van der Waals surface area contributed by atoms with Crippen LogP contribution in [0.15, 0.2) is 23.1 Å². The minimum Gasteiger partial charge on any atom is -0.487 e. The zero-order valence-corrected chi connectivity index (χ0v) is 31.5.